The third kappa shape index (κ3) is 5.54. The molecule has 1 fully saturated rings. The van der Waals surface area contributed by atoms with E-state index < -0.39 is 5.97 Å². The van der Waals surface area contributed by atoms with Gasteiger partial charge in [-0.3, -0.25) is 4.90 Å². The van der Waals surface area contributed by atoms with Crippen LogP contribution in [0.4, 0.5) is 5.69 Å². The van der Waals surface area contributed by atoms with E-state index >= 15 is 0 Å². The second-order valence-corrected chi connectivity index (χ2v) is 10.8. The van der Waals surface area contributed by atoms with Gasteiger partial charge in [0, 0.05) is 40.6 Å². The van der Waals surface area contributed by atoms with Crippen LogP contribution in [0.2, 0.25) is 0 Å². The monoisotopic (exact) mass is 546 g/mol. The second kappa shape index (κ2) is 11.5. The molecule has 1 saturated heterocycles. The Morgan fingerprint density at radius 2 is 1.73 bits per heavy atom. The van der Waals surface area contributed by atoms with Gasteiger partial charge in [0.15, 0.2) is 5.88 Å². The summed E-state index contributed by atoms with van der Waals surface area (Å²) in [6.07, 6.45) is 4.63. The lowest BCUT2D eigenvalue weighted by molar-refractivity contribution is 0.0601. The van der Waals surface area contributed by atoms with Gasteiger partial charge < -0.3 is 19.4 Å². The number of fused-ring (bicyclic) bond motifs is 1. The molecule has 2 aromatic heterocycles. The van der Waals surface area contributed by atoms with Gasteiger partial charge in [0.2, 0.25) is 0 Å². The number of piperidine rings is 1. The highest BCUT2D eigenvalue weighted by atomic mass is 16.5. The van der Waals surface area contributed by atoms with Crippen molar-refractivity contribution < 1.29 is 14.6 Å². The number of aromatic nitrogens is 2. The van der Waals surface area contributed by atoms with Crippen LogP contribution < -0.4 is 0 Å². The third-order valence-corrected chi connectivity index (χ3v) is 7.95. The molecule has 1 aliphatic rings. The summed E-state index contributed by atoms with van der Waals surface area (Å²) in [5.74, 6) is 0.372. The minimum Gasteiger partial charge on any atom is -0.494 e. The van der Waals surface area contributed by atoms with Gasteiger partial charge in [-0.2, -0.15) is 0 Å². The quantitative estimate of drug-likeness (QED) is 0.173. The number of aromatic amines is 1. The summed E-state index contributed by atoms with van der Waals surface area (Å²) in [4.78, 5) is 22.6. The molecule has 0 aliphatic carbocycles. The predicted molar refractivity (Wildman–Crippen MR) is 162 cm³/mol. The van der Waals surface area contributed by atoms with E-state index in [4.69, 9.17) is 9.73 Å². The number of hydrogen-bond donors (Lipinski definition) is 2. The molecule has 0 saturated carbocycles. The van der Waals surface area contributed by atoms with Crippen molar-refractivity contribution in [1.29, 1.82) is 0 Å². The topological polar surface area (TPSA) is 82.8 Å². The molecule has 0 spiro atoms. The van der Waals surface area contributed by atoms with E-state index in [-0.39, 0.29) is 5.88 Å². The first-order valence-electron chi connectivity index (χ1n) is 14.1. The smallest absolute Gasteiger partial charge is 0.337 e. The first-order valence-corrected chi connectivity index (χ1v) is 14.1. The number of nitrogens with one attached hydrogen (secondary N) is 1. The molecule has 0 amide bonds. The summed E-state index contributed by atoms with van der Waals surface area (Å²) >= 11 is 0. The Morgan fingerprint density at radius 1 is 0.976 bits per heavy atom. The van der Waals surface area contributed by atoms with Crippen LogP contribution in [-0.2, 0) is 11.3 Å². The molecule has 1 aliphatic heterocycles. The number of likely N-dealkylation sites (tertiary alicyclic amines) is 1. The molecule has 208 valence electrons. The lowest BCUT2D eigenvalue weighted by Gasteiger charge is -2.30. The number of rotatable bonds is 7. The highest BCUT2D eigenvalue weighted by Gasteiger charge is 2.20. The number of benzene rings is 3. The number of ether oxygens (including phenoxy) is 1. The number of carbonyl (C=O) groups is 1. The molecule has 7 heteroatoms. The molecule has 6 rings (SSSR count). The maximum atomic E-state index is 12.1. The van der Waals surface area contributed by atoms with Gasteiger partial charge >= 0.3 is 5.97 Å². The van der Waals surface area contributed by atoms with E-state index in [1.165, 1.54) is 25.6 Å². The minimum absolute atomic E-state index is 0.00896. The van der Waals surface area contributed by atoms with Crippen LogP contribution in [0.3, 0.4) is 0 Å². The Morgan fingerprint density at radius 3 is 2.46 bits per heavy atom. The van der Waals surface area contributed by atoms with Crippen LogP contribution in [0.1, 0.15) is 46.9 Å². The number of carbonyl (C=O) groups excluding carboxylic acids is 1. The zero-order valence-corrected chi connectivity index (χ0v) is 23.4. The predicted octanol–water partition coefficient (Wildman–Crippen LogP) is 6.85. The number of nitrogens with zero attached hydrogens (tertiary/aromatic N) is 3. The summed E-state index contributed by atoms with van der Waals surface area (Å²) in [5, 5.41) is 11.8. The number of methoxy groups -OCH3 is 1. The SMILES string of the molecule is COC(=O)c1ccc2c(C(=Nc3ccc(-n4cccc4CN4CCC(C)CC4)cc3)c3ccccc3)c(O)[nH]c2c1. The van der Waals surface area contributed by atoms with Crippen molar-refractivity contribution in [2.24, 2.45) is 10.9 Å². The molecular weight excluding hydrogens is 512 g/mol. The van der Waals surface area contributed by atoms with E-state index in [9.17, 15) is 9.90 Å². The average Bonchev–Trinajstić information content (AvgIpc) is 3.60. The van der Waals surface area contributed by atoms with E-state index in [1.54, 1.807) is 12.1 Å². The molecular formula is C34H34N4O3. The molecule has 0 unspecified atom stereocenters. The van der Waals surface area contributed by atoms with Crippen molar-refractivity contribution in [2.75, 3.05) is 20.2 Å². The minimum atomic E-state index is -0.434. The zero-order valence-electron chi connectivity index (χ0n) is 23.4. The maximum Gasteiger partial charge on any atom is 0.337 e. The normalized spacial score (nSPS) is 14.9. The van der Waals surface area contributed by atoms with Gasteiger partial charge in [0.1, 0.15) is 0 Å². The first kappa shape index (κ1) is 26.6. The summed E-state index contributed by atoms with van der Waals surface area (Å²) in [6.45, 7) is 5.57. The largest absolute Gasteiger partial charge is 0.494 e. The van der Waals surface area contributed by atoms with Crippen molar-refractivity contribution in [2.45, 2.75) is 26.3 Å². The van der Waals surface area contributed by atoms with E-state index in [2.05, 4.69) is 51.8 Å². The number of H-pyrrole nitrogens is 1. The van der Waals surface area contributed by atoms with Crippen molar-refractivity contribution in [1.82, 2.24) is 14.5 Å². The number of esters is 1. The Balaban J connectivity index is 1.34. The highest BCUT2D eigenvalue weighted by Crippen LogP contribution is 2.32. The molecule has 5 aromatic rings. The average molecular weight is 547 g/mol. The van der Waals surface area contributed by atoms with Crippen LogP contribution in [0.5, 0.6) is 5.88 Å². The summed E-state index contributed by atoms with van der Waals surface area (Å²) in [7, 11) is 1.35. The molecule has 0 bridgehead atoms. The molecule has 2 N–H and O–H groups in total. The van der Waals surface area contributed by atoms with Crippen LogP contribution in [0.25, 0.3) is 16.6 Å². The third-order valence-electron chi connectivity index (χ3n) is 7.95. The van der Waals surface area contributed by atoms with Crippen molar-refractivity contribution in [3.63, 3.8) is 0 Å². The van der Waals surface area contributed by atoms with Gasteiger partial charge in [-0.05, 0) is 80.4 Å². The molecule has 3 aromatic carbocycles. The Bertz CT molecular complexity index is 1690. The van der Waals surface area contributed by atoms with Gasteiger partial charge in [0.25, 0.3) is 0 Å². The van der Waals surface area contributed by atoms with Gasteiger partial charge in [-0.25, -0.2) is 9.79 Å². The van der Waals surface area contributed by atoms with Gasteiger partial charge in [0.05, 0.1) is 29.6 Å². The second-order valence-electron chi connectivity index (χ2n) is 10.8. The lowest BCUT2D eigenvalue weighted by atomic mass is 9.99. The summed E-state index contributed by atoms with van der Waals surface area (Å²) in [6, 6.07) is 27.5. The Labute approximate surface area is 239 Å². The molecule has 41 heavy (non-hydrogen) atoms. The molecule has 0 atom stereocenters. The standard InChI is InChI=1S/C34H34N4O3/c1-23-16-19-37(20-17-23)22-28-9-6-18-38(28)27-13-11-26(12-14-27)35-32(24-7-4-3-5-8-24)31-29-15-10-25(34(40)41-2)21-30(29)36-33(31)39/h3-15,18,21,23,36,39H,16-17,19-20,22H2,1-2H3. The van der Waals surface area contributed by atoms with Crippen LogP contribution in [0, 0.1) is 5.92 Å². The first-order chi connectivity index (χ1) is 20.0. The van der Waals surface area contributed by atoms with Crippen molar-refractivity contribution in [3.8, 4) is 11.6 Å². The number of aliphatic imine (C=N–C) groups is 1. The fourth-order valence-corrected chi connectivity index (χ4v) is 5.59. The van der Waals surface area contributed by atoms with Crippen LogP contribution in [0.15, 0.2) is 96.1 Å². The fraction of sp³-hybridized carbons (Fsp3) is 0.235. The van der Waals surface area contributed by atoms with Crippen molar-refractivity contribution in [3.05, 3.63) is 114 Å². The molecule has 7 nitrogen and oxygen atoms in total. The van der Waals surface area contributed by atoms with Crippen molar-refractivity contribution >= 4 is 28.3 Å². The fourth-order valence-electron chi connectivity index (χ4n) is 5.59. The summed E-state index contributed by atoms with van der Waals surface area (Å²) in [5.41, 5.74) is 6.24. The highest BCUT2D eigenvalue weighted by molar-refractivity contribution is 6.22. The summed E-state index contributed by atoms with van der Waals surface area (Å²) < 4.78 is 7.10. The lowest BCUT2D eigenvalue weighted by Crippen LogP contribution is -2.32. The Kier molecular flexibility index (Phi) is 7.44. The van der Waals surface area contributed by atoms with E-state index in [0.29, 0.717) is 22.4 Å². The van der Waals surface area contributed by atoms with Crippen LogP contribution in [-0.4, -0.2) is 51.4 Å². The Hall–Kier alpha value is -4.62. The van der Waals surface area contributed by atoms with E-state index in [1.807, 2.05) is 48.5 Å². The maximum absolute atomic E-state index is 12.1. The van der Waals surface area contributed by atoms with Gasteiger partial charge in [-0.15, -0.1) is 0 Å². The van der Waals surface area contributed by atoms with Crippen LogP contribution >= 0.6 is 0 Å². The van der Waals surface area contributed by atoms with E-state index in [0.717, 1.165) is 47.9 Å². The number of aromatic hydroxyl groups is 1. The molecule has 3 heterocycles. The van der Waals surface area contributed by atoms with Gasteiger partial charge in [-0.1, -0.05) is 43.3 Å². The number of hydrogen-bond acceptors (Lipinski definition) is 5. The zero-order chi connectivity index (χ0) is 28.3. The molecule has 0 radical (unpaired) electrons.